The van der Waals surface area contributed by atoms with Crippen molar-refractivity contribution < 1.29 is 14.7 Å². The van der Waals surface area contributed by atoms with Crippen molar-refractivity contribution in [3.63, 3.8) is 0 Å². The molecule has 6 nitrogen and oxygen atoms in total. The molecule has 20 heavy (non-hydrogen) atoms. The number of carbonyl (C=O) groups is 2. The van der Waals surface area contributed by atoms with Gasteiger partial charge in [-0.2, -0.15) is 0 Å². The molecule has 2 N–H and O–H groups in total. The van der Waals surface area contributed by atoms with E-state index in [1.807, 2.05) is 7.05 Å². The Morgan fingerprint density at radius 2 is 2.00 bits per heavy atom. The monoisotopic (exact) mass is 285 g/mol. The Morgan fingerprint density at radius 3 is 2.50 bits per heavy atom. The van der Waals surface area contributed by atoms with Crippen LogP contribution in [0.5, 0.6) is 0 Å². The molecule has 1 unspecified atom stereocenters. The summed E-state index contributed by atoms with van der Waals surface area (Å²) in [6.07, 6.45) is 2.47. The van der Waals surface area contributed by atoms with Crippen LogP contribution in [-0.2, 0) is 4.79 Å². The van der Waals surface area contributed by atoms with Crippen molar-refractivity contribution in [2.24, 2.45) is 5.92 Å². The normalized spacial score (nSPS) is 18.6. The maximum atomic E-state index is 12.0. The summed E-state index contributed by atoms with van der Waals surface area (Å²) < 4.78 is 0. The van der Waals surface area contributed by atoms with E-state index >= 15 is 0 Å². The zero-order valence-corrected chi connectivity index (χ0v) is 12.8. The molecule has 0 aromatic heterocycles. The fourth-order valence-corrected chi connectivity index (χ4v) is 2.43. The highest BCUT2D eigenvalue weighted by atomic mass is 16.4. The van der Waals surface area contributed by atoms with Gasteiger partial charge in [0.25, 0.3) is 0 Å². The topological polar surface area (TPSA) is 72.9 Å². The van der Waals surface area contributed by atoms with Crippen molar-refractivity contribution in [2.45, 2.75) is 39.2 Å². The smallest absolute Gasteiger partial charge is 0.317 e. The lowest BCUT2D eigenvalue weighted by Gasteiger charge is -2.36. The number of aliphatic carboxylic acids is 1. The molecule has 0 spiro atoms. The minimum Gasteiger partial charge on any atom is -0.481 e. The van der Waals surface area contributed by atoms with Gasteiger partial charge in [-0.05, 0) is 25.8 Å². The third kappa shape index (κ3) is 5.00. The van der Waals surface area contributed by atoms with Crippen molar-refractivity contribution in [3.05, 3.63) is 0 Å². The number of nitrogens with zero attached hydrogens (tertiary/aromatic N) is 2. The lowest BCUT2D eigenvalue weighted by atomic mass is 10.0. The highest BCUT2D eigenvalue weighted by Gasteiger charge is 2.24. The van der Waals surface area contributed by atoms with Crippen molar-refractivity contribution in [1.82, 2.24) is 15.1 Å². The predicted molar refractivity (Wildman–Crippen MR) is 77.7 cm³/mol. The van der Waals surface area contributed by atoms with Gasteiger partial charge in [0.2, 0.25) is 0 Å². The van der Waals surface area contributed by atoms with Gasteiger partial charge in [-0.3, -0.25) is 4.79 Å². The molecule has 1 saturated heterocycles. The number of hydrogen-bond acceptors (Lipinski definition) is 3. The molecule has 0 aromatic carbocycles. The number of urea groups is 1. The van der Waals surface area contributed by atoms with Gasteiger partial charge >= 0.3 is 12.0 Å². The second-order valence-electron chi connectivity index (χ2n) is 5.54. The number of hydrogen-bond donors (Lipinski definition) is 2. The summed E-state index contributed by atoms with van der Waals surface area (Å²) in [6.45, 7) is 7.35. The molecule has 1 fully saturated rings. The van der Waals surface area contributed by atoms with Crippen LogP contribution in [-0.4, -0.2) is 66.2 Å². The summed E-state index contributed by atoms with van der Waals surface area (Å²) in [6, 6.07) is 0.187. The van der Waals surface area contributed by atoms with E-state index in [1.54, 1.807) is 11.8 Å². The Kier molecular flexibility index (Phi) is 6.78. The van der Waals surface area contributed by atoms with Gasteiger partial charge in [-0.1, -0.05) is 13.8 Å². The number of piperidine rings is 1. The fraction of sp³-hybridized carbons (Fsp3) is 0.857. The highest BCUT2D eigenvalue weighted by molar-refractivity contribution is 5.74. The molecule has 1 rings (SSSR count). The number of carboxylic acid groups (broad SMARTS) is 1. The van der Waals surface area contributed by atoms with Crippen LogP contribution in [0.4, 0.5) is 4.79 Å². The maximum Gasteiger partial charge on any atom is 0.317 e. The van der Waals surface area contributed by atoms with Gasteiger partial charge < -0.3 is 20.2 Å². The summed E-state index contributed by atoms with van der Waals surface area (Å²) in [5.74, 6) is -1.24. The molecule has 1 heterocycles. The van der Waals surface area contributed by atoms with Gasteiger partial charge in [-0.25, -0.2) is 4.79 Å². The minimum absolute atomic E-state index is 0.0995. The van der Waals surface area contributed by atoms with Gasteiger partial charge in [-0.15, -0.1) is 0 Å². The van der Waals surface area contributed by atoms with Crippen LogP contribution >= 0.6 is 0 Å². The average Bonchev–Trinajstić information content (AvgIpc) is 2.46. The van der Waals surface area contributed by atoms with E-state index in [4.69, 9.17) is 5.11 Å². The number of rotatable bonds is 6. The number of nitrogens with one attached hydrogen (secondary N) is 1. The molecule has 1 aliphatic heterocycles. The van der Waals surface area contributed by atoms with Crippen molar-refractivity contribution in [1.29, 1.82) is 0 Å². The quantitative estimate of drug-likeness (QED) is 0.769. The van der Waals surface area contributed by atoms with Crippen LogP contribution in [0.25, 0.3) is 0 Å². The van der Waals surface area contributed by atoms with Crippen LogP contribution in [0.2, 0.25) is 0 Å². The van der Waals surface area contributed by atoms with Crippen molar-refractivity contribution >= 4 is 12.0 Å². The summed E-state index contributed by atoms with van der Waals surface area (Å²) >= 11 is 0. The first-order valence-electron chi connectivity index (χ1n) is 7.41. The van der Waals surface area contributed by atoms with E-state index in [-0.39, 0.29) is 12.1 Å². The number of carbonyl (C=O) groups excluding carboxylic acids is 1. The zero-order valence-electron chi connectivity index (χ0n) is 12.8. The van der Waals surface area contributed by atoms with Crippen molar-refractivity contribution in [2.75, 3.05) is 33.2 Å². The van der Waals surface area contributed by atoms with E-state index in [0.29, 0.717) is 13.0 Å². The van der Waals surface area contributed by atoms with Gasteiger partial charge in [0.05, 0.1) is 5.92 Å². The summed E-state index contributed by atoms with van der Waals surface area (Å²) in [7, 11) is 1.82. The van der Waals surface area contributed by atoms with E-state index in [1.165, 1.54) is 0 Å². The number of carboxylic acids is 1. The fourth-order valence-electron chi connectivity index (χ4n) is 2.43. The Morgan fingerprint density at radius 1 is 1.40 bits per heavy atom. The van der Waals surface area contributed by atoms with Gasteiger partial charge in [0, 0.05) is 32.7 Å². The van der Waals surface area contributed by atoms with E-state index in [2.05, 4.69) is 17.1 Å². The Bertz CT molecular complexity index is 328. The SMILES string of the molecule is CCN1CCC(N(C)C(=O)NCCC(C)C(=O)O)CC1. The Labute approximate surface area is 121 Å². The summed E-state index contributed by atoms with van der Waals surface area (Å²) in [5.41, 5.74) is 0. The summed E-state index contributed by atoms with van der Waals surface area (Å²) in [4.78, 5) is 26.8. The van der Waals surface area contributed by atoms with Crippen LogP contribution in [0.1, 0.15) is 33.1 Å². The van der Waals surface area contributed by atoms with E-state index in [9.17, 15) is 9.59 Å². The lowest BCUT2D eigenvalue weighted by molar-refractivity contribution is -0.141. The first-order chi connectivity index (χ1) is 9.45. The number of likely N-dealkylation sites (tertiary alicyclic amines) is 1. The largest absolute Gasteiger partial charge is 0.481 e. The van der Waals surface area contributed by atoms with Crippen LogP contribution in [0, 0.1) is 5.92 Å². The van der Waals surface area contributed by atoms with E-state index < -0.39 is 11.9 Å². The van der Waals surface area contributed by atoms with Gasteiger partial charge in [0.1, 0.15) is 0 Å². The molecular weight excluding hydrogens is 258 g/mol. The molecule has 0 aliphatic carbocycles. The first-order valence-corrected chi connectivity index (χ1v) is 7.41. The van der Waals surface area contributed by atoms with Gasteiger partial charge in [0.15, 0.2) is 0 Å². The maximum absolute atomic E-state index is 12.0. The zero-order chi connectivity index (χ0) is 15.1. The van der Waals surface area contributed by atoms with Crippen LogP contribution in [0.15, 0.2) is 0 Å². The standard InChI is InChI=1S/C14H27N3O3/c1-4-17-9-6-12(7-10-17)16(3)14(20)15-8-5-11(2)13(18)19/h11-12H,4-10H2,1-3H3,(H,15,20)(H,18,19). The molecule has 0 aromatic rings. The third-order valence-corrected chi connectivity index (χ3v) is 4.15. The molecule has 0 saturated carbocycles. The first kappa shape index (κ1) is 16.8. The van der Waals surface area contributed by atoms with Crippen LogP contribution < -0.4 is 5.32 Å². The molecule has 2 amide bonds. The Hall–Kier alpha value is -1.30. The van der Waals surface area contributed by atoms with Crippen molar-refractivity contribution in [3.8, 4) is 0 Å². The summed E-state index contributed by atoms with van der Waals surface area (Å²) in [5, 5.41) is 11.6. The highest BCUT2D eigenvalue weighted by Crippen LogP contribution is 2.15. The molecule has 0 bridgehead atoms. The third-order valence-electron chi connectivity index (χ3n) is 4.15. The predicted octanol–water partition coefficient (Wildman–Crippen LogP) is 1.22. The van der Waals surface area contributed by atoms with E-state index in [0.717, 1.165) is 32.5 Å². The molecular formula is C14H27N3O3. The molecule has 6 heteroatoms. The number of amides is 2. The molecule has 1 atom stereocenters. The second-order valence-corrected chi connectivity index (χ2v) is 5.54. The Balaban J connectivity index is 2.27. The average molecular weight is 285 g/mol. The van der Waals surface area contributed by atoms with Crippen LogP contribution in [0.3, 0.4) is 0 Å². The lowest BCUT2D eigenvalue weighted by Crippen LogP contribution is -2.49. The second kappa shape index (κ2) is 8.09. The molecule has 116 valence electrons. The minimum atomic E-state index is -0.820. The molecule has 1 aliphatic rings. The molecule has 0 radical (unpaired) electrons.